The fourth-order valence-electron chi connectivity index (χ4n) is 2.19. The molecule has 2 aromatic carbocycles. The monoisotopic (exact) mass is 341 g/mol. The smallest absolute Gasteiger partial charge is 0.335 e. The number of anilines is 1. The Labute approximate surface area is 145 Å². The van der Waals surface area contributed by atoms with Crippen LogP contribution >= 0.6 is 0 Å². The zero-order valence-corrected chi connectivity index (χ0v) is 13.8. The fraction of sp³-hybridized carbons (Fsp3) is 0.211. The highest BCUT2D eigenvalue weighted by molar-refractivity contribution is 6.00. The first-order valence-corrected chi connectivity index (χ1v) is 7.89. The molecule has 0 saturated carbocycles. The molecule has 6 heteroatoms. The number of Topliss-reactive ketones (excluding diaryl/α,β-unsaturated/α-hetero) is 1. The average Bonchev–Trinajstić information content (AvgIpc) is 2.61. The first kappa shape index (κ1) is 18.2. The second-order valence-electron chi connectivity index (χ2n) is 5.31. The van der Waals surface area contributed by atoms with Crippen molar-refractivity contribution in [2.75, 3.05) is 11.9 Å². The quantitative estimate of drug-likeness (QED) is 0.718. The van der Waals surface area contributed by atoms with Gasteiger partial charge in [0.05, 0.1) is 12.2 Å². The van der Waals surface area contributed by atoms with E-state index >= 15 is 0 Å². The van der Waals surface area contributed by atoms with Crippen LogP contribution in [0.25, 0.3) is 0 Å². The summed E-state index contributed by atoms with van der Waals surface area (Å²) in [5.74, 6) is -0.762. The Morgan fingerprint density at radius 1 is 0.920 bits per heavy atom. The van der Waals surface area contributed by atoms with Crippen molar-refractivity contribution in [3.63, 3.8) is 0 Å². The first-order chi connectivity index (χ1) is 12.0. The van der Waals surface area contributed by atoms with Gasteiger partial charge < -0.3 is 15.2 Å². The molecule has 0 aliphatic heterocycles. The van der Waals surface area contributed by atoms with E-state index in [-0.39, 0.29) is 30.1 Å². The number of carbonyl (C=O) groups excluding carboxylic acids is 2. The van der Waals surface area contributed by atoms with Gasteiger partial charge in [0.15, 0.2) is 5.78 Å². The number of carboxylic acids is 1. The second-order valence-corrected chi connectivity index (χ2v) is 5.31. The van der Waals surface area contributed by atoms with E-state index in [0.29, 0.717) is 23.6 Å². The first-order valence-electron chi connectivity index (χ1n) is 7.89. The number of hydrogen-bond acceptors (Lipinski definition) is 4. The van der Waals surface area contributed by atoms with Gasteiger partial charge in [-0.05, 0) is 55.5 Å². The van der Waals surface area contributed by atoms with Crippen LogP contribution in [0.15, 0.2) is 48.5 Å². The van der Waals surface area contributed by atoms with Crippen molar-refractivity contribution >= 4 is 23.3 Å². The van der Waals surface area contributed by atoms with Gasteiger partial charge in [0.25, 0.3) is 0 Å². The van der Waals surface area contributed by atoms with Crippen molar-refractivity contribution < 1.29 is 24.2 Å². The highest BCUT2D eigenvalue weighted by Crippen LogP contribution is 2.15. The van der Waals surface area contributed by atoms with Gasteiger partial charge in [-0.25, -0.2) is 4.79 Å². The Balaban J connectivity index is 1.84. The molecule has 0 aromatic heterocycles. The van der Waals surface area contributed by atoms with Gasteiger partial charge in [-0.3, -0.25) is 9.59 Å². The molecule has 130 valence electrons. The van der Waals surface area contributed by atoms with Gasteiger partial charge in [-0.1, -0.05) is 0 Å². The minimum atomic E-state index is -1.03. The van der Waals surface area contributed by atoms with E-state index < -0.39 is 5.97 Å². The number of ketones is 1. The maximum absolute atomic E-state index is 12.1. The predicted molar refractivity (Wildman–Crippen MR) is 93.2 cm³/mol. The summed E-state index contributed by atoms with van der Waals surface area (Å²) >= 11 is 0. The Morgan fingerprint density at radius 3 is 2.08 bits per heavy atom. The lowest BCUT2D eigenvalue weighted by Gasteiger charge is -2.06. The lowest BCUT2D eigenvalue weighted by molar-refractivity contribution is -0.116. The molecule has 0 atom stereocenters. The molecule has 6 nitrogen and oxygen atoms in total. The number of aromatic carboxylic acids is 1. The van der Waals surface area contributed by atoms with E-state index in [2.05, 4.69) is 5.32 Å². The summed E-state index contributed by atoms with van der Waals surface area (Å²) < 4.78 is 5.32. The van der Waals surface area contributed by atoms with Gasteiger partial charge in [0.1, 0.15) is 5.75 Å². The van der Waals surface area contributed by atoms with Crippen molar-refractivity contribution in [3.8, 4) is 5.75 Å². The van der Waals surface area contributed by atoms with Crippen molar-refractivity contribution in [2.24, 2.45) is 0 Å². The molecule has 0 aliphatic carbocycles. The molecule has 1 amide bonds. The summed E-state index contributed by atoms with van der Waals surface area (Å²) in [5.41, 5.74) is 1.16. The van der Waals surface area contributed by atoms with Crippen LogP contribution in [0.1, 0.15) is 40.5 Å². The van der Waals surface area contributed by atoms with Crippen molar-refractivity contribution in [2.45, 2.75) is 19.8 Å². The largest absolute Gasteiger partial charge is 0.494 e. The van der Waals surface area contributed by atoms with Crippen LogP contribution in [0, 0.1) is 0 Å². The average molecular weight is 341 g/mol. The van der Waals surface area contributed by atoms with Crippen molar-refractivity contribution in [1.82, 2.24) is 0 Å². The van der Waals surface area contributed by atoms with E-state index in [4.69, 9.17) is 9.84 Å². The Morgan fingerprint density at radius 2 is 1.52 bits per heavy atom. The minimum Gasteiger partial charge on any atom is -0.494 e. The highest BCUT2D eigenvalue weighted by atomic mass is 16.5. The lowest BCUT2D eigenvalue weighted by atomic mass is 10.1. The molecule has 0 bridgehead atoms. The third-order valence-electron chi connectivity index (χ3n) is 3.48. The molecule has 2 N–H and O–H groups in total. The van der Waals surface area contributed by atoms with E-state index in [1.54, 1.807) is 24.3 Å². The molecule has 0 saturated heterocycles. The van der Waals surface area contributed by atoms with Crippen molar-refractivity contribution in [1.29, 1.82) is 0 Å². The maximum atomic E-state index is 12.1. The molecule has 0 unspecified atom stereocenters. The lowest BCUT2D eigenvalue weighted by Crippen LogP contribution is -2.13. The number of rotatable bonds is 8. The molecular weight excluding hydrogens is 322 g/mol. The molecule has 0 fully saturated rings. The number of benzene rings is 2. The summed E-state index contributed by atoms with van der Waals surface area (Å²) in [5, 5.41) is 11.5. The number of hydrogen-bond donors (Lipinski definition) is 2. The zero-order valence-electron chi connectivity index (χ0n) is 13.8. The summed E-state index contributed by atoms with van der Waals surface area (Å²) in [6.07, 6.45) is 0.139. The highest BCUT2D eigenvalue weighted by Gasteiger charge is 2.10. The molecule has 2 rings (SSSR count). The van der Waals surface area contributed by atoms with Crippen LogP contribution in [0.5, 0.6) is 5.75 Å². The normalized spacial score (nSPS) is 10.1. The maximum Gasteiger partial charge on any atom is 0.335 e. The SMILES string of the molecule is CCOc1ccc(C(=O)CCC(=O)Nc2ccc(C(=O)O)cc2)cc1. The van der Waals surface area contributed by atoms with E-state index in [0.717, 1.165) is 0 Å². The number of carbonyl (C=O) groups is 3. The van der Waals surface area contributed by atoms with Crippen LogP contribution in [0.3, 0.4) is 0 Å². The molecule has 0 aliphatic rings. The fourth-order valence-corrected chi connectivity index (χ4v) is 2.19. The summed E-state index contributed by atoms with van der Waals surface area (Å²) in [7, 11) is 0. The Kier molecular flexibility index (Phi) is 6.28. The molecule has 25 heavy (non-hydrogen) atoms. The van der Waals surface area contributed by atoms with Crippen molar-refractivity contribution in [3.05, 3.63) is 59.7 Å². The van der Waals surface area contributed by atoms with Gasteiger partial charge in [0.2, 0.25) is 5.91 Å². The molecule has 2 aromatic rings. The summed E-state index contributed by atoms with van der Waals surface area (Å²) in [6.45, 7) is 2.44. The number of amides is 1. The van der Waals surface area contributed by atoms with Gasteiger partial charge in [0, 0.05) is 24.1 Å². The minimum absolute atomic E-state index is 0.0483. The van der Waals surface area contributed by atoms with Crippen LogP contribution in [-0.2, 0) is 4.79 Å². The van der Waals surface area contributed by atoms with Gasteiger partial charge >= 0.3 is 5.97 Å². The third kappa shape index (κ3) is 5.46. The van der Waals surface area contributed by atoms with Crippen LogP contribution < -0.4 is 10.1 Å². The standard InChI is InChI=1S/C19H19NO5/c1-2-25-16-9-5-13(6-10-16)17(21)11-12-18(22)20-15-7-3-14(4-8-15)19(23)24/h3-10H,2,11-12H2,1H3,(H,20,22)(H,23,24). The van der Waals surface area contributed by atoms with Crippen LogP contribution in [-0.4, -0.2) is 29.4 Å². The summed E-state index contributed by atoms with van der Waals surface area (Å²) in [4.78, 5) is 34.8. The number of carboxylic acid groups (broad SMARTS) is 1. The van der Waals surface area contributed by atoms with Crippen LogP contribution in [0.2, 0.25) is 0 Å². The Bertz CT molecular complexity index is 750. The topological polar surface area (TPSA) is 92.7 Å². The predicted octanol–water partition coefficient (Wildman–Crippen LogP) is 3.39. The van der Waals surface area contributed by atoms with E-state index in [1.165, 1.54) is 24.3 Å². The molecule has 0 radical (unpaired) electrons. The second kappa shape index (κ2) is 8.63. The summed E-state index contributed by atoms with van der Waals surface area (Å²) in [6, 6.07) is 12.6. The zero-order chi connectivity index (χ0) is 18.2. The Hall–Kier alpha value is -3.15. The third-order valence-corrected chi connectivity index (χ3v) is 3.48. The van der Waals surface area contributed by atoms with E-state index in [9.17, 15) is 14.4 Å². The number of nitrogens with one attached hydrogen (secondary N) is 1. The van der Waals surface area contributed by atoms with Gasteiger partial charge in [-0.15, -0.1) is 0 Å². The number of ether oxygens (including phenoxy) is 1. The molecule has 0 spiro atoms. The van der Waals surface area contributed by atoms with E-state index in [1.807, 2.05) is 6.92 Å². The van der Waals surface area contributed by atoms with Crippen LogP contribution in [0.4, 0.5) is 5.69 Å². The molecular formula is C19H19NO5. The van der Waals surface area contributed by atoms with Gasteiger partial charge in [-0.2, -0.15) is 0 Å². The molecule has 0 heterocycles.